The first kappa shape index (κ1) is 32.5. The van der Waals surface area contributed by atoms with Crippen LogP contribution in [0.2, 0.25) is 10.0 Å². The lowest BCUT2D eigenvalue weighted by Gasteiger charge is -2.33. The summed E-state index contributed by atoms with van der Waals surface area (Å²) in [5.41, 5.74) is 1.43. The largest absolute Gasteiger partial charge is 0.354 e. The van der Waals surface area contributed by atoms with E-state index in [-0.39, 0.29) is 29.7 Å². The van der Waals surface area contributed by atoms with E-state index in [0.29, 0.717) is 22.2 Å². The predicted molar refractivity (Wildman–Crippen MR) is 173 cm³/mol. The van der Waals surface area contributed by atoms with E-state index in [1.807, 2.05) is 68.4 Å². The summed E-state index contributed by atoms with van der Waals surface area (Å²) < 4.78 is 28.2. The summed E-state index contributed by atoms with van der Waals surface area (Å²) >= 11 is 12.6. The second-order valence-corrected chi connectivity index (χ2v) is 13.8. The lowest BCUT2D eigenvalue weighted by Crippen LogP contribution is -2.53. The normalized spacial score (nSPS) is 12.4. The molecule has 4 aromatic rings. The fourth-order valence-corrected chi connectivity index (χ4v) is 6.31. The molecule has 1 N–H and O–H groups in total. The molecular formula is C33H35Cl2N3O4S. The lowest BCUT2D eigenvalue weighted by molar-refractivity contribution is -0.141. The van der Waals surface area contributed by atoms with Crippen LogP contribution in [-0.4, -0.2) is 55.6 Å². The molecule has 0 saturated carbocycles. The minimum Gasteiger partial charge on any atom is -0.354 e. The Bertz CT molecular complexity index is 1700. The summed E-state index contributed by atoms with van der Waals surface area (Å²) in [6.07, 6.45) is 0.225. The first-order valence-electron chi connectivity index (χ1n) is 14.0. The quantitative estimate of drug-likeness (QED) is 0.201. The Labute approximate surface area is 263 Å². The molecule has 0 saturated heterocycles. The van der Waals surface area contributed by atoms with Gasteiger partial charge in [-0.25, -0.2) is 8.42 Å². The Morgan fingerprint density at radius 2 is 1.53 bits per heavy atom. The molecule has 226 valence electrons. The third-order valence-corrected chi connectivity index (χ3v) is 9.48. The van der Waals surface area contributed by atoms with Crippen molar-refractivity contribution in [2.45, 2.75) is 37.8 Å². The van der Waals surface area contributed by atoms with Gasteiger partial charge in [-0.1, -0.05) is 104 Å². The van der Waals surface area contributed by atoms with Crippen molar-refractivity contribution in [3.05, 3.63) is 112 Å². The molecular weight excluding hydrogens is 605 g/mol. The molecule has 4 rings (SSSR count). The van der Waals surface area contributed by atoms with Gasteiger partial charge in [-0.05, 0) is 52.1 Å². The number of sulfonamides is 1. The maximum Gasteiger partial charge on any atom is 0.243 e. The molecule has 43 heavy (non-hydrogen) atoms. The SMILES string of the molecule is CC(C)CNC(=O)C(Cc1ccccc1)N(Cc1ccc(Cl)cc1Cl)C(=O)CN(C)S(=O)(=O)c1ccc2ccccc2c1. The Morgan fingerprint density at radius 1 is 0.860 bits per heavy atom. The molecule has 7 nitrogen and oxygen atoms in total. The van der Waals surface area contributed by atoms with Gasteiger partial charge >= 0.3 is 0 Å². The summed E-state index contributed by atoms with van der Waals surface area (Å²) in [4.78, 5) is 29.2. The third-order valence-electron chi connectivity index (χ3n) is 7.10. The van der Waals surface area contributed by atoms with Gasteiger partial charge in [0.2, 0.25) is 21.8 Å². The maximum atomic E-state index is 14.1. The highest BCUT2D eigenvalue weighted by Crippen LogP contribution is 2.25. The molecule has 0 spiro atoms. The molecule has 0 bridgehead atoms. The average Bonchev–Trinajstić information content (AvgIpc) is 2.98. The molecule has 4 aromatic carbocycles. The topological polar surface area (TPSA) is 86.8 Å². The molecule has 0 aliphatic heterocycles. The lowest BCUT2D eigenvalue weighted by atomic mass is 10.0. The molecule has 1 atom stereocenters. The third kappa shape index (κ3) is 8.36. The summed E-state index contributed by atoms with van der Waals surface area (Å²) in [5.74, 6) is -0.691. The van der Waals surface area contributed by atoms with Gasteiger partial charge < -0.3 is 10.2 Å². The number of benzene rings is 4. The molecule has 0 aromatic heterocycles. The predicted octanol–water partition coefficient (Wildman–Crippen LogP) is 6.18. The molecule has 0 heterocycles. The van der Waals surface area contributed by atoms with Gasteiger partial charge in [0, 0.05) is 36.6 Å². The highest BCUT2D eigenvalue weighted by Gasteiger charge is 2.33. The second kappa shape index (κ2) is 14.4. The van der Waals surface area contributed by atoms with E-state index in [4.69, 9.17) is 23.2 Å². The number of likely N-dealkylation sites (N-methyl/N-ethyl adjacent to an activating group) is 1. The zero-order valence-corrected chi connectivity index (χ0v) is 26.7. The van der Waals surface area contributed by atoms with Gasteiger partial charge in [0.05, 0.1) is 11.4 Å². The van der Waals surface area contributed by atoms with Crippen molar-refractivity contribution < 1.29 is 18.0 Å². The van der Waals surface area contributed by atoms with E-state index in [1.54, 1.807) is 30.3 Å². The van der Waals surface area contributed by atoms with Crippen molar-refractivity contribution in [2.75, 3.05) is 20.1 Å². The highest BCUT2D eigenvalue weighted by molar-refractivity contribution is 7.89. The molecule has 0 fully saturated rings. The van der Waals surface area contributed by atoms with Crippen LogP contribution < -0.4 is 5.32 Å². The van der Waals surface area contributed by atoms with Crippen LogP contribution >= 0.6 is 23.2 Å². The van der Waals surface area contributed by atoms with Crippen molar-refractivity contribution in [1.82, 2.24) is 14.5 Å². The fourth-order valence-electron chi connectivity index (χ4n) is 4.68. The summed E-state index contributed by atoms with van der Waals surface area (Å²) in [7, 11) is -2.67. The van der Waals surface area contributed by atoms with Crippen LogP contribution in [0.25, 0.3) is 10.8 Å². The smallest absolute Gasteiger partial charge is 0.243 e. The van der Waals surface area contributed by atoms with Gasteiger partial charge in [0.25, 0.3) is 0 Å². The molecule has 2 amide bonds. The summed E-state index contributed by atoms with van der Waals surface area (Å²) in [6, 6.07) is 25.7. The number of hydrogen-bond acceptors (Lipinski definition) is 4. The van der Waals surface area contributed by atoms with E-state index < -0.39 is 28.5 Å². The van der Waals surface area contributed by atoms with Gasteiger partial charge in [-0.2, -0.15) is 4.31 Å². The zero-order valence-electron chi connectivity index (χ0n) is 24.3. The molecule has 10 heteroatoms. The Hall–Kier alpha value is -3.43. The van der Waals surface area contributed by atoms with Crippen molar-refractivity contribution in [3.8, 4) is 0 Å². The minimum absolute atomic E-state index is 0.0225. The van der Waals surface area contributed by atoms with Gasteiger partial charge in [0.1, 0.15) is 6.04 Å². The van der Waals surface area contributed by atoms with Gasteiger partial charge in [0.15, 0.2) is 0 Å². The van der Waals surface area contributed by atoms with E-state index in [2.05, 4.69) is 5.32 Å². The number of rotatable bonds is 12. The van der Waals surface area contributed by atoms with E-state index in [9.17, 15) is 18.0 Å². The Balaban J connectivity index is 1.69. The first-order valence-corrected chi connectivity index (χ1v) is 16.2. The molecule has 1 unspecified atom stereocenters. The number of nitrogens with zero attached hydrogens (tertiary/aromatic N) is 2. The standard InChI is InChI=1S/C33H35Cl2N3O4S/c1-23(2)20-36-33(40)31(17-24-9-5-4-6-10-24)38(21-27-13-15-28(34)19-30(27)35)32(39)22-37(3)43(41,42)29-16-14-25-11-7-8-12-26(25)18-29/h4-16,18-19,23,31H,17,20-22H2,1-3H3,(H,36,40). The van der Waals surface area contributed by atoms with Crippen LogP contribution in [0, 0.1) is 5.92 Å². The minimum atomic E-state index is -4.03. The van der Waals surface area contributed by atoms with E-state index in [1.165, 1.54) is 18.0 Å². The first-order chi connectivity index (χ1) is 20.5. The van der Waals surface area contributed by atoms with Crippen molar-refractivity contribution in [1.29, 1.82) is 0 Å². The number of halogens is 2. The van der Waals surface area contributed by atoms with Crippen LogP contribution in [0.5, 0.6) is 0 Å². The molecule has 0 aliphatic rings. The second-order valence-electron chi connectivity index (χ2n) is 10.9. The van der Waals surface area contributed by atoms with Crippen molar-refractivity contribution in [2.24, 2.45) is 5.92 Å². The van der Waals surface area contributed by atoms with E-state index in [0.717, 1.165) is 20.6 Å². The van der Waals surface area contributed by atoms with Crippen molar-refractivity contribution in [3.63, 3.8) is 0 Å². The zero-order chi connectivity index (χ0) is 31.1. The number of nitrogens with one attached hydrogen (secondary N) is 1. The highest BCUT2D eigenvalue weighted by atomic mass is 35.5. The van der Waals surface area contributed by atoms with Crippen LogP contribution in [0.4, 0.5) is 0 Å². The van der Waals surface area contributed by atoms with Crippen LogP contribution in [0.3, 0.4) is 0 Å². The van der Waals surface area contributed by atoms with E-state index >= 15 is 0 Å². The number of carbonyl (C=O) groups is 2. The number of carbonyl (C=O) groups excluding carboxylic acids is 2. The number of fused-ring (bicyclic) bond motifs is 1. The van der Waals surface area contributed by atoms with Gasteiger partial charge in [-0.3, -0.25) is 9.59 Å². The summed E-state index contributed by atoms with van der Waals surface area (Å²) in [5, 5.41) is 5.40. The maximum absolute atomic E-state index is 14.1. The number of amides is 2. The molecule has 0 radical (unpaired) electrons. The molecule has 0 aliphatic carbocycles. The van der Waals surface area contributed by atoms with Crippen molar-refractivity contribution >= 4 is 55.8 Å². The fraction of sp³-hybridized carbons (Fsp3) is 0.273. The Kier molecular flexibility index (Phi) is 10.8. The van der Waals surface area contributed by atoms with Crippen LogP contribution in [0.1, 0.15) is 25.0 Å². The summed E-state index contributed by atoms with van der Waals surface area (Å²) in [6.45, 7) is 3.88. The monoisotopic (exact) mass is 639 g/mol. The Morgan fingerprint density at radius 3 is 2.21 bits per heavy atom. The van der Waals surface area contributed by atoms with Crippen LogP contribution in [0.15, 0.2) is 95.9 Å². The number of hydrogen-bond donors (Lipinski definition) is 1. The average molecular weight is 641 g/mol. The van der Waals surface area contributed by atoms with Gasteiger partial charge in [-0.15, -0.1) is 0 Å². The van der Waals surface area contributed by atoms with Crippen LogP contribution in [-0.2, 0) is 32.6 Å².